The molecule has 8 nitrogen and oxygen atoms in total. The largest absolute Gasteiger partial charge is 0.508 e. The number of esters is 1. The fourth-order valence-corrected chi connectivity index (χ4v) is 3.04. The van der Waals surface area contributed by atoms with Crippen molar-refractivity contribution in [3.05, 3.63) is 52.0 Å². The van der Waals surface area contributed by atoms with Gasteiger partial charge < -0.3 is 24.6 Å². The molecule has 2 aromatic carbocycles. The smallest absolute Gasteiger partial charge is 0.344 e. The third kappa shape index (κ3) is 7.04. The van der Waals surface area contributed by atoms with Crippen LogP contribution in [0.3, 0.4) is 0 Å². The number of anilines is 1. The van der Waals surface area contributed by atoms with Crippen LogP contribution in [-0.2, 0) is 14.3 Å². The summed E-state index contributed by atoms with van der Waals surface area (Å²) in [5.41, 5.74) is 0.807. The van der Waals surface area contributed by atoms with Gasteiger partial charge in [0.2, 0.25) is 0 Å². The zero-order valence-electron chi connectivity index (χ0n) is 17.0. The first-order valence-corrected chi connectivity index (χ1v) is 10.1. The van der Waals surface area contributed by atoms with E-state index in [-0.39, 0.29) is 24.5 Å². The molecule has 0 heterocycles. The van der Waals surface area contributed by atoms with Crippen molar-refractivity contribution in [3.8, 4) is 23.3 Å². The second-order valence-corrected chi connectivity index (χ2v) is 6.88. The predicted octanol–water partition coefficient (Wildman–Crippen LogP) is 4.04. The maximum Gasteiger partial charge on any atom is 0.344 e. The lowest BCUT2D eigenvalue weighted by molar-refractivity contribution is -0.145. The molecule has 0 bridgehead atoms. The molecule has 0 saturated carbocycles. The van der Waals surface area contributed by atoms with Gasteiger partial charge in [0.05, 0.1) is 17.7 Å². The van der Waals surface area contributed by atoms with Crippen molar-refractivity contribution in [2.75, 3.05) is 25.1 Å². The van der Waals surface area contributed by atoms with Crippen LogP contribution in [0.2, 0.25) is 0 Å². The maximum absolute atomic E-state index is 12.5. The van der Waals surface area contributed by atoms with Crippen LogP contribution >= 0.6 is 15.9 Å². The highest BCUT2D eigenvalue weighted by molar-refractivity contribution is 9.10. The molecule has 0 aliphatic rings. The van der Waals surface area contributed by atoms with Gasteiger partial charge in [0.1, 0.15) is 17.4 Å². The molecule has 0 unspecified atom stereocenters. The van der Waals surface area contributed by atoms with Crippen LogP contribution < -0.4 is 14.8 Å². The Morgan fingerprint density at radius 1 is 1.16 bits per heavy atom. The number of nitriles is 1. The first-order chi connectivity index (χ1) is 14.9. The Bertz CT molecular complexity index is 1010. The molecule has 0 fully saturated rings. The number of phenolic OH excluding ortho intramolecular Hbond substituents is 1. The number of phenols is 1. The molecule has 0 saturated heterocycles. The van der Waals surface area contributed by atoms with Crippen molar-refractivity contribution in [2.24, 2.45) is 0 Å². The first kappa shape index (κ1) is 23.8. The molecular formula is C22H21BrN2O6. The van der Waals surface area contributed by atoms with Gasteiger partial charge in [-0.05, 0) is 77.8 Å². The predicted molar refractivity (Wildman–Crippen MR) is 118 cm³/mol. The number of hydrogen-bond donors (Lipinski definition) is 2. The van der Waals surface area contributed by atoms with E-state index in [4.69, 9.17) is 14.2 Å². The molecule has 2 rings (SSSR count). The number of carbonyl (C=O) groups is 2. The van der Waals surface area contributed by atoms with Crippen molar-refractivity contribution in [1.82, 2.24) is 0 Å². The Labute approximate surface area is 188 Å². The summed E-state index contributed by atoms with van der Waals surface area (Å²) in [6, 6.07) is 11.0. The molecule has 1 amide bonds. The summed E-state index contributed by atoms with van der Waals surface area (Å²) in [6.07, 6.45) is 1.40. The molecule has 9 heteroatoms. The Morgan fingerprint density at radius 3 is 2.48 bits per heavy atom. The van der Waals surface area contributed by atoms with Gasteiger partial charge in [-0.2, -0.15) is 5.26 Å². The minimum absolute atomic E-state index is 0.0626. The second-order valence-electron chi connectivity index (χ2n) is 6.03. The number of aromatic hydroxyl groups is 1. The molecule has 0 atom stereocenters. The van der Waals surface area contributed by atoms with Gasteiger partial charge in [-0.3, -0.25) is 4.79 Å². The van der Waals surface area contributed by atoms with E-state index in [1.807, 2.05) is 6.07 Å². The molecule has 2 aromatic rings. The van der Waals surface area contributed by atoms with Crippen LogP contribution in [0, 0.1) is 11.3 Å². The van der Waals surface area contributed by atoms with E-state index < -0.39 is 11.9 Å². The van der Waals surface area contributed by atoms with E-state index in [1.165, 1.54) is 30.3 Å². The van der Waals surface area contributed by atoms with E-state index in [1.54, 1.807) is 26.0 Å². The maximum atomic E-state index is 12.5. The molecule has 2 N–H and O–H groups in total. The highest BCUT2D eigenvalue weighted by Crippen LogP contribution is 2.37. The van der Waals surface area contributed by atoms with Crippen molar-refractivity contribution in [3.63, 3.8) is 0 Å². The van der Waals surface area contributed by atoms with Crippen LogP contribution in [0.4, 0.5) is 5.69 Å². The number of hydrogen-bond acceptors (Lipinski definition) is 7. The van der Waals surface area contributed by atoms with Gasteiger partial charge in [-0.15, -0.1) is 0 Å². The lowest BCUT2D eigenvalue weighted by Gasteiger charge is -2.14. The molecule has 162 valence electrons. The van der Waals surface area contributed by atoms with Gasteiger partial charge in [0, 0.05) is 5.69 Å². The number of halogens is 1. The number of rotatable bonds is 9. The zero-order chi connectivity index (χ0) is 22.8. The Morgan fingerprint density at radius 2 is 1.87 bits per heavy atom. The van der Waals surface area contributed by atoms with Gasteiger partial charge >= 0.3 is 5.97 Å². The summed E-state index contributed by atoms with van der Waals surface area (Å²) in [4.78, 5) is 24.0. The molecule has 0 aliphatic heterocycles. The average Bonchev–Trinajstić information content (AvgIpc) is 2.73. The SMILES string of the molecule is CCOC(=O)COc1c(Br)cc(/C=C(\C#N)C(=O)Nc2ccc(O)cc2)cc1OCC. The van der Waals surface area contributed by atoms with Crippen LogP contribution in [0.15, 0.2) is 46.4 Å². The molecule has 0 aromatic heterocycles. The molecule has 31 heavy (non-hydrogen) atoms. The number of ether oxygens (including phenoxy) is 3. The van der Waals surface area contributed by atoms with Crippen LogP contribution in [0.5, 0.6) is 17.2 Å². The van der Waals surface area contributed by atoms with Gasteiger partial charge in [-0.1, -0.05) is 0 Å². The molecule has 0 radical (unpaired) electrons. The van der Waals surface area contributed by atoms with E-state index in [2.05, 4.69) is 21.2 Å². The summed E-state index contributed by atoms with van der Waals surface area (Å²) >= 11 is 3.37. The normalized spacial score (nSPS) is 10.7. The van der Waals surface area contributed by atoms with Gasteiger partial charge in [0.15, 0.2) is 18.1 Å². The number of amides is 1. The van der Waals surface area contributed by atoms with E-state index in [0.29, 0.717) is 33.8 Å². The highest BCUT2D eigenvalue weighted by Gasteiger charge is 2.16. The number of nitrogens with zero attached hydrogens (tertiary/aromatic N) is 1. The standard InChI is InChI=1S/C22H21BrN2O6/c1-3-29-19-11-14(10-18(23)21(19)31-13-20(27)30-4-2)9-15(12-24)22(28)25-16-5-7-17(26)8-6-16/h5-11,26H,3-4,13H2,1-2H3,(H,25,28)/b15-9+. The fraction of sp³-hybridized carbons (Fsp3) is 0.227. The fourth-order valence-electron chi connectivity index (χ4n) is 2.47. The minimum atomic E-state index is -0.607. The third-order valence-electron chi connectivity index (χ3n) is 3.77. The van der Waals surface area contributed by atoms with E-state index in [9.17, 15) is 20.0 Å². The topological polar surface area (TPSA) is 118 Å². The lowest BCUT2D eigenvalue weighted by atomic mass is 10.1. The molecular weight excluding hydrogens is 468 g/mol. The quantitative estimate of drug-likeness (QED) is 0.236. The third-order valence-corrected chi connectivity index (χ3v) is 4.36. The van der Waals surface area contributed by atoms with Crippen LogP contribution in [0.1, 0.15) is 19.4 Å². The molecule has 0 aliphatic carbocycles. The zero-order valence-corrected chi connectivity index (χ0v) is 18.6. The minimum Gasteiger partial charge on any atom is -0.508 e. The number of carbonyl (C=O) groups excluding carboxylic acids is 2. The number of benzene rings is 2. The lowest BCUT2D eigenvalue weighted by Crippen LogP contribution is -2.15. The molecule has 0 spiro atoms. The Balaban J connectivity index is 2.27. The average molecular weight is 489 g/mol. The van der Waals surface area contributed by atoms with Crippen LogP contribution in [-0.4, -0.2) is 36.8 Å². The van der Waals surface area contributed by atoms with Crippen molar-refractivity contribution in [1.29, 1.82) is 5.26 Å². The van der Waals surface area contributed by atoms with Crippen molar-refractivity contribution in [2.45, 2.75) is 13.8 Å². The van der Waals surface area contributed by atoms with E-state index in [0.717, 1.165) is 0 Å². The summed E-state index contributed by atoms with van der Waals surface area (Å²) in [7, 11) is 0. The van der Waals surface area contributed by atoms with Gasteiger partial charge in [-0.25, -0.2) is 4.79 Å². The summed E-state index contributed by atoms with van der Waals surface area (Å²) in [5.74, 6) is -0.418. The summed E-state index contributed by atoms with van der Waals surface area (Å²) in [6.45, 7) is 3.78. The van der Waals surface area contributed by atoms with Crippen LogP contribution in [0.25, 0.3) is 6.08 Å². The highest BCUT2D eigenvalue weighted by atomic mass is 79.9. The monoisotopic (exact) mass is 488 g/mol. The van der Waals surface area contributed by atoms with Gasteiger partial charge in [0.25, 0.3) is 5.91 Å². The van der Waals surface area contributed by atoms with E-state index >= 15 is 0 Å². The first-order valence-electron chi connectivity index (χ1n) is 9.34. The summed E-state index contributed by atoms with van der Waals surface area (Å²) < 4.78 is 16.4. The Hall–Kier alpha value is -3.51. The van der Waals surface area contributed by atoms with Crippen molar-refractivity contribution >= 4 is 39.6 Å². The second kappa shape index (κ2) is 11.6. The Kier molecular flexibility index (Phi) is 8.91. The van der Waals surface area contributed by atoms with Crippen molar-refractivity contribution < 1.29 is 28.9 Å². The summed E-state index contributed by atoms with van der Waals surface area (Å²) in [5, 5.41) is 21.4. The number of nitrogens with one attached hydrogen (secondary N) is 1.